The van der Waals surface area contributed by atoms with E-state index in [1.807, 2.05) is 32.0 Å². The Balaban J connectivity index is 0.000000312. The zero-order valence-electron chi connectivity index (χ0n) is 22.1. The molecule has 0 bridgehead atoms. The predicted molar refractivity (Wildman–Crippen MR) is 138 cm³/mol. The van der Waals surface area contributed by atoms with Crippen LogP contribution in [0.1, 0.15) is 30.7 Å². The van der Waals surface area contributed by atoms with Crippen LogP contribution in [-0.2, 0) is 35.6 Å². The van der Waals surface area contributed by atoms with E-state index in [0.717, 1.165) is 39.4 Å². The van der Waals surface area contributed by atoms with Gasteiger partial charge < -0.3 is 34.1 Å². The summed E-state index contributed by atoms with van der Waals surface area (Å²) in [6.45, 7) is 7.07. The SMILES string of the molecule is CCOC(=O)[C@H](O)[C@@H](O)C(=O)OCC.COc1ccc2nc(S(=O)Cc3ncc(C)c(OC)c3C)[nH]c2c1. The van der Waals surface area contributed by atoms with Crippen LogP contribution in [0.4, 0.5) is 0 Å². The van der Waals surface area contributed by atoms with Crippen molar-refractivity contribution in [2.24, 2.45) is 0 Å². The molecule has 0 spiro atoms. The first-order valence-corrected chi connectivity index (χ1v) is 13.0. The van der Waals surface area contributed by atoms with Crippen molar-refractivity contribution >= 4 is 33.8 Å². The van der Waals surface area contributed by atoms with Gasteiger partial charge in [0.2, 0.25) is 0 Å². The van der Waals surface area contributed by atoms with Gasteiger partial charge in [-0.25, -0.2) is 14.6 Å². The molecule has 12 nitrogen and oxygen atoms in total. The van der Waals surface area contributed by atoms with Crippen LogP contribution in [0.2, 0.25) is 0 Å². The molecule has 1 unspecified atom stereocenters. The Bertz CT molecular complexity index is 1260. The van der Waals surface area contributed by atoms with E-state index in [9.17, 15) is 13.8 Å². The van der Waals surface area contributed by atoms with Gasteiger partial charge >= 0.3 is 11.9 Å². The van der Waals surface area contributed by atoms with Crippen LogP contribution < -0.4 is 9.47 Å². The molecule has 0 fully saturated rings. The molecule has 0 aliphatic carbocycles. The van der Waals surface area contributed by atoms with Crippen LogP contribution in [0.25, 0.3) is 11.0 Å². The number of hydrogen-bond acceptors (Lipinski definition) is 11. The number of aromatic nitrogens is 3. The Morgan fingerprint density at radius 1 is 1.03 bits per heavy atom. The first-order valence-electron chi connectivity index (χ1n) is 11.7. The molecule has 0 aliphatic heterocycles. The van der Waals surface area contributed by atoms with Crippen molar-refractivity contribution < 1.29 is 43.0 Å². The van der Waals surface area contributed by atoms with Gasteiger partial charge in [0.05, 0.1) is 60.7 Å². The molecule has 3 N–H and O–H groups in total. The maximum atomic E-state index is 12.7. The van der Waals surface area contributed by atoms with E-state index >= 15 is 0 Å². The molecule has 38 heavy (non-hydrogen) atoms. The number of imidazole rings is 1. The molecule has 0 saturated heterocycles. The predicted octanol–water partition coefficient (Wildman–Crippen LogP) is 1.73. The number of carbonyl (C=O) groups is 2. The summed E-state index contributed by atoms with van der Waals surface area (Å²) < 4.78 is 32.1. The smallest absolute Gasteiger partial charge is 0.338 e. The molecular weight excluding hydrogens is 518 g/mol. The number of ether oxygens (including phenoxy) is 4. The lowest BCUT2D eigenvalue weighted by Crippen LogP contribution is -2.41. The number of aromatic amines is 1. The maximum Gasteiger partial charge on any atom is 0.338 e. The summed E-state index contributed by atoms with van der Waals surface area (Å²) in [6, 6.07) is 5.50. The van der Waals surface area contributed by atoms with Crippen molar-refractivity contribution in [3.05, 3.63) is 41.2 Å². The third kappa shape index (κ3) is 7.73. The summed E-state index contributed by atoms with van der Waals surface area (Å²) in [4.78, 5) is 33.6. The summed E-state index contributed by atoms with van der Waals surface area (Å²) in [7, 11) is 1.91. The van der Waals surface area contributed by atoms with Crippen LogP contribution in [-0.4, -0.2) is 81.0 Å². The Kier molecular flexibility index (Phi) is 11.6. The molecule has 0 aliphatic rings. The van der Waals surface area contributed by atoms with Gasteiger partial charge in [0.15, 0.2) is 17.4 Å². The van der Waals surface area contributed by atoms with E-state index in [-0.39, 0.29) is 19.0 Å². The van der Waals surface area contributed by atoms with E-state index in [2.05, 4.69) is 24.4 Å². The maximum absolute atomic E-state index is 12.7. The summed E-state index contributed by atoms with van der Waals surface area (Å²) in [6.07, 6.45) is -2.05. The summed E-state index contributed by atoms with van der Waals surface area (Å²) in [5.74, 6) is -0.309. The van der Waals surface area contributed by atoms with E-state index in [1.165, 1.54) is 0 Å². The number of rotatable bonds is 10. The first-order chi connectivity index (χ1) is 18.1. The Labute approximate surface area is 222 Å². The number of fused-ring (bicyclic) bond motifs is 1. The van der Waals surface area contributed by atoms with Gasteiger partial charge in [0, 0.05) is 23.4 Å². The molecule has 0 amide bonds. The lowest BCUT2D eigenvalue weighted by atomic mass is 10.1. The van der Waals surface area contributed by atoms with Crippen molar-refractivity contribution in [3.63, 3.8) is 0 Å². The number of carbonyl (C=O) groups excluding carboxylic acids is 2. The van der Waals surface area contributed by atoms with Crippen molar-refractivity contribution in [1.29, 1.82) is 0 Å². The number of hydrogen-bond donors (Lipinski definition) is 3. The van der Waals surface area contributed by atoms with Crippen LogP contribution in [0.3, 0.4) is 0 Å². The number of methoxy groups -OCH3 is 2. The minimum atomic E-state index is -1.89. The molecule has 0 saturated carbocycles. The van der Waals surface area contributed by atoms with Crippen LogP contribution in [0, 0.1) is 13.8 Å². The van der Waals surface area contributed by atoms with Gasteiger partial charge in [0.25, 0.3) is 0 Å². The van der Waals surface area contributed by atoms with Crippen LogP contribution in [0.15, 0.2) is 29.6 Å². The highest BCUT2D eigenvalue weighted by molar-refractivity contribution is 7.84. The van der Waals surface area contributed by atoms with Crippen molar-refractivity contribution in [1.82, 2.24) is 15.0 Å². The number of H-pyrrole nitrogens is 1. The quantitative estimate of drug-likeness (QED) is 0.314. The molecule has 2 heterocycles. The number of pyridine rings is 1. The number of aliphatic hydroxyl groups excluding tert-OH is 2. The molecule has 3 atom stereocenters. The van der Waals surface area contributed by atoms with Gasteiger partial charge in [0.1, 0.15) is 11.5 Å². The molecule has 0 radical (unpaired) electrons. The fourth-order valence-electron chi connectivity index (χ4n) is 3.32. The average Bonchev–Trinajstić information content (AvgIpc) is 3.34. The average molecular weight is 552 g/mol. The highest BCUT2D eigenvalue weighted by atomic mass is 32.2. The number of aliphatic hydroxyl groups is 2. The van der Waals surface area contributed by atoms with E-state index in [1.54, 1.807) is 34.3 Å². The number of nitrogens with zero attached hydrogens (tertiary/aromatic N) is 2. The largest absolute Gasteiger partial charge is 0.497 e. The summed E-state index contributed by atoms with van der Waals surface area (Å²) in [5, 5.41) is 18.6. The monoisotopic (exact) mass is 551 g/mol. The fraction of sp³-hybridized carbons (Fsp3) is 0.440. The Hall–Kier alpha value is -3.55. The standard InChI is InChI=1S/C17H19N3O3S.C8H14O6/c1-10-8-18-15(11(2)16(10)23-4)9-24(21)17-19-13-6-5-12(22-3)7-14(13)20-17;1-3-13-7(11)5(9)6(10)8(12)14-4-2/h5-8H,9H2,1-4H3,(H,19,20);5-6,9-10H,3-4H2,1-2H3/t;5-,6-/m.1/s1. The number of aryl methyl sites for hydroxylation is 1. The molecule has 1 aromatic carbocycles. The summed E-state index contributed by atoms with van der Waals surface area (Å²) >= 11 is 0. The number of benzene rings is 1. The Morgan fingerprint density at radius 2 is 1.63 bits per heavy atom. The minimum absolute atomic E-state index is 0.0610. The number of nitrogens with one attached hydrogen (secondary N) is 1. The van der Waals surface area contributed by atoms with Gasteiger partial charge in [-0.05, 0) is 39.8 Å². The topological polar surface area (TPSA) is 170 Å². The van der Waals surface area contributed by atoms with Crippen LogP contribution in [0.5, 0.6) is 11.5 Å². The van der Waals surface area contributed by atoms with Crippen molar-refractivity contribution in [3.8, 4) is 11.5 Å². The molecule has 208 valence electrons. The second kappa shape index (κ2) is 14.4. The molecule has 3 rings (SSSR count). The molecule has 3 aromatic rings. The second-order valence-corrected chi connectivity index (χ2v) is 9.22. The van der Waals surface area contributed by atoms with Gasteiger partial charge in [-0.1, -0.05) is 0 Å². The zero-order valence-corrected chi connectivity index (χ0v) is 23.0. The summed E-state index contributed by atoms with van der Waals surface area (Å²) in [5.41, 5.74) is 4.16. The van der Waals surface area contributed by atoms with Crippen molar-refractivity contribution in [2.75, 3.05) is 27.4 Å². The lowest BCUT2D eigenvalue weighted by Gasteiger charge is -2.14. The number of esters is 2. The lowest BCUT2D eigenvalue weighted by molar-refractivity contribution is -0.172. The highest BCUT2D eigenvalue weighted by Crippen LogP contribution is 2.26. The minimum Gasteiger partial charge on any atom is -0.497 e. The van der Waals surface area contributed by atoms with Crippen LogP contribution >= 0.6 is 0 Å². The highest BCUT2D eigenvalue weighted by Gasteiger charge is 2.32. The van der Waals surface area contributed by atoms with Gasteiger partial charge in [-0.2, -0.15) is 0 Å². The Morgan fingerprint density at radius 3 is 2.16 bits per heavy atom. The molecule has 13 heteroatoms. The van der Waals surface area contributed by atoms with E-state index < -0.39 is 34.9 Å². The normalized spacial score (nSPS) is 13.1. The van der Waals surface area contributed by atoms with E-state index in [0.29, 0.717) is 5.16 Å². The van der Waals surface area contributed by atoms with Gasteiger partial charge in [-0.3, -0.25) is 9.19 Å². The first kappa shape index (κ1) is 30.7. The third-order valence-corrected chi connectivity index (χ3v) is 6.42. The third-order valence-electron chi connectivity index (χ3n) is 5.26. The van der Waals surface area contributed by atoms with Gasteiger partial charge in [-0.15, -0.1) is 0 Å². The van der Waals surface area contributed by atoms with E-state index in [4.69, 9.17) is 19.7 Å². The second-order valence-electron chi connectivity index (χ2n) is 7.85. The fourth-order valence-corrected chi connectivity index (χ4v) is 4.42. The van der Waals surface area contributed by atoms with Crippen molar-refractivity contribution in [2.45, 2.75) is 50.8 Å². The molecular formula is C25H33N3O9S. The molecule has 2 aromatic heterocycles. The zero-order chi connectivity index (χ0) is 28.4.